The third kappa shape index (κ3) is 5.44. The lowest BCUT2D eigenvalue weighted by Gasteiger charge is -2.21. The van der Waals surface area contributed by atoms with E-state index in [-0.39, 0.29) is 18.7 Å². The van der Waals surface area contributed by atoms with Gasteiger partial charge in [-0.05, 0) is 38.1 Å². The smallest absolute Gasteiger partial charge is 0.319 e. The van der Waals surface area contributed by atoms with Gasteiger partial charge in [0.05, 0.1) is 48.1 Å². The Bertz CT molecular complexity index is 1610. The molecule has 1 aliphatic heterocycles. The van der Waals surface area contributed by atoms with Crippen LogP contribution in [0.1, 0.15) is 19.4 Å². The number of carbonyl (C=O) groups excluding carboxylic acids is 1. The molecule has 2 aliphatic rings. The summed E-state index contributed by atoms with van der Waals surface area (Å²) >= 11 is 0. The van der Waals surface area contributed by atoms with Gasteiger partial charge in [0, 0.05) is 54.4 Å². The van der Waals surface area contributed by atoms with Gasteiger partial charge < -0.3 is 30.1 Å². The summed E-state index contributed by atoms with van der Waals surface area (Å²) in [6.45, 7) is 5.06. The summed E-state index contributed by atoms with van der Waals surface area (Å²) in [5.41, 5.74) is 2.30. The average Bonchev–Trinajstić information content (AvgIpc) is 3.29. The molecule has 2 fully saturated rings. The summed E-state index contributed by atoms with van der Waals surface area (Å²) in [5, 5.41) is 29.9. The quantitative estimate of drug-likeness (QED) is 0.299. The summed E-state index contributed by atoms with van der Waals surface area (Å²) in [5.74, 6) is 2.60. The van der Waals surface area contributed by atoms with Crippen LogP contribution in [0.3, 0.4) is 0 Å². The number of ether oxygens (including phenoxy) is 2. The summed E-state index contributed by atoms with van der Waals surface area (Å²) in [4.78, 5) is 23.5. The number of anilines is 2. The van der Waals surface area contributed by atoms with Crippen molar-refractivity contribution in [3.8, 4) is 28.8 Å². The minimum absolute atomic E-state index is 0.106. The van der Waals surface area contributed by atoms with Crippen LogP contribution < -0.4 is 25.0 Å². The van der Waals surface area contributed by atoms with Gasteiger partial charge in [0.2, 0.25) is 5.88 Å². The van der Waals surface area contributed by atoms with Gasteiger partial charge in [0.25, 0.3) is 0 Å². The van der Waals surface area contributed by atoms with Gasteiger partial charge in [-0.15, -0.1) is 0 Å². The predicted molar refractivity (Wildman–Crippen MR) is 151 cm³/mol. The number of amides is 2. The van der Waals surface area contributed by atoms with E-state index in [4.69, 9.17) is 14.5 Å². The molecule has 1 saturated carbocycles. The van der Waals surface area contributed by atoms with Crippen molar-refractivity contribution in [1.82, 2.24) is 24.9 Å². The fourth-order valence-electron chi connectivity index (χ4n) is 5.29. The van der Waals surface area contributed by atoms with Crippen LogP contribution in [-0.2, 0) is 0 Å². The van der Waals surface area contributed by atoms with E-state index < -0.39 is 5.60 Å². The van der Waals surface area contributed by atoms with Gasteiger partial charge in [-0.25, -0.2) is 19.3 Å². The van der Waals surface area contributed by atoms with Crippen LogP contribution in [0.5, 0.6) is 11.6 Å². The highest BCUT2D eigenvalue weighted by Crippen LogP contribution is 2.46. The van der Waals surface area contributed by atoms with Gasteiger partial charge in [-0.1, -0.05) is 0 Å². The SMILES string of the molecule is COc1ccc(NC(=O)NC2C3CN(c4ccc(-c5cc(OCC(C)(C)O)cn6ncc(C#N)c56)cn4)CC32)cn1. The molecule has 2 atom stereocenters. The van der Waals surface area contributed by atoms with Gasteiger partial charge >= 0.3 is 6.03 Å². The molecule has 0 spiro atoms. The number of nitrogens with one attached hydrogen (secondary N) is 2. The van der Waals surface area contributed by atoms with Crippen molar-refractivity contribution in [2.24, 2.45) is 11.8 Å². The van der Waals surface area contributed by atoms with Crippen molar-refractivity contribution in [3.05, 3.63) is 60.7 Å². The Hall–Kier alpha value is -4.89. The fraction of sp³-hybridized carbons (Fsp3) is 0.345. The monoisotopic (exact) mass is 554 g/mol. The molecule has 4 aromatic heterocycles. The number of methoxy groups -OCH3 is 1. The summed E-state index contributed by atoms with van der Waals surface area (Å²) in [7, 11) is 1.54. The number of pyridine rings is 3. The second kappa shape index (κ2) is 10.3. The number of hydrogen-bond donors (Lipinski definition) is 3. The molecule has 1 saturated heterocycles. The zero-order chi connectivity index (χ0) is 28.7. The molecule has 5 heterocycles. The standard InChI is InChI=1S/C29H30N8O4/c1-29(2,39)16-41-20-8-21(27-18(9-30)11-33-37(27)13-20)17-4-6-24(31-10-17)36-14-22-23(15-36)26(22)35-28(38)34-19-5-7-25(40-3)32-12-19/h4-8,10-13,22-23,26,39H,14-16H2,1-3H3,(H2,34,35,38). The molecule has 2 amide bonds. The molecular weight excluding hydrogens is 524 g/mol. The first kappa shape index (κ1) is 26.3. The van der Waals surface area contributed by atoms with Gasteiger partial charge in [0.15, 0.2) is 0 Å². The molecule has 0 aromatic carbocycles. The van der Waals surface area contributed by atoms with Crippen molar-refractivity contribution in [1.29, 1.82) is 5.26 Å². The number of aromatic nitrogens is 4. The van der Waals surface area contributed by atoms with E-state index in [0.717, 1.165) is 30.0 Å². The number of carbonyl (C=O) groups is 1. The molecule has 2 unspecified atom stereocenters. The van der Waals surface area contributed by atoms with E-state index in [9.17, 15) is 15.2 Å². The molecule has 3 N–H and O–H groups in total. The first-order valence-corrected chi connectivity index (χ1v) is 13.3. The fourth-order valence-corrected chi connectivity index (χ4v) is 5.29. The maximum Gasteiger partial charge on any atom is 0.319 e. The third-order valence-electron chi connectivity index (χ3n) is 7.38. The van der Waals surface area contributed by atoms with Crippen molar-refractivity contribution in [2.45, 2.75) is 25.5 Å². The number of nitrogens with zero attached hydrogens (tertiary/aromatic N) is 6. The molecule has 1 aliphatic carbocycles. The van der Waals surface area contributed by atoms with E-state index in [2.05, 4.69) is 31.7 Å². The molecule has 12 heteroatoms. The number of rotatable bonds is 8. The molecule has 4 aromatic rings. The Morgan fingerprint density at radius 1 is 1.17 bits per heavy atom. The average molecular weight is 555 g/mol. The number of urea groups is 1. The van der Waals surface area contributed by atoms with Crippen molar-refractivity contribution >= 4 is 23.1 Å². The minimum Gasteiger partial charge on any atom is -0.489 e. The Kier molecular flexibility index (Phi) is 6.59. The van der Waals surface area contributed by atoms with Crippen LogP contribution >= 0.6 is 0 Å². The Morgan fingerprint density at radius 2 is 1.98 bits per heavy atom. The van der Waals surface area contributed by atoms with Crippen molar-refractivity contribution in [2.75, 3.05) is 37.0 Å². The summed E-state index contributed by atoms with van der Waals surface area (Å²) in [6, 6.07) is 11.3. The Morgan fingerprint density at radius 3 is 2.61 bits per heavy atom. The number of aliphatic hydroxyl groups is 1. The lowest BCUT2D eigenvalue weighted by molar-refractivity contribution is 0.0283. The van der Waals surface area contributed by atoms with Gasteiger partial charge in [-0.3, -0.25) is 0 Å². The van der Waals surface area contributed by atoms with Crippen LogP contribution in [0.25, 0.3) is 16.6 Å². The highest BCUT2D eigenvalue weighted by atomic mass is 16.5. The van der Waals surface area contributed by atoms with E-state index >= 15 is 0 Å². The van der Waals surface area contributed by atoms with E-state index in [1.54, 1.807) is 56.2 Å². The Labute approximate surface area is 236 Å². The predicted octanol–water partition coefficient (Wildman–Crippen LogP) is 3.08. The topological polar surface area (TPSA) is 150 Å². The first-order chi connectivity index (χ1) is 19.7. The van der Waals surface area contributed by atoms with Gasteiger partial charge in [0.1, 0.15) is 24.2 Å². The molecule has 0 radical (unpaired) electrons. The summed E-state index contributed by atoms with van der Waals surface area (Å²) in [6.07, 6.45) is 6.56. The number of hydrogen-bond acceptors (Lipinski definition) is 9. The molecule has 210 valence electrons. The lowest BCUT2D eigenvalue weighted by Crippen LogP contribution is -2.37. The first-order valence-electron chi connectivity index (χ1n) is 13.3. The lowest BCUT2D eigenvalue weighted by atomic mass is 10.1. The van der Waals surface area contributed by atoms with Crippen LogP contribution in [0.2, 0.25) is 0 Å². The van der Waals surface area contributed by atoms with E-state index in [1.807, 2.05) is 18.2 Å². The van der Waals surface area contributed by atoms with Crippen LogP contribution in [0.15, 0.2) is 55.1 Å². The van der Waals surface area contributed by atoms with Crippen molar-refractivity contribution < 1.29 is 19.4 Å². The number of fused-ring (bicyclic) bond motifs is 2. The summed E-state index contributed by atoms with van der Waals surface area (Å²) < 4.78 is 12.5. The van der Waals surface area contributed by atoms with Gasteiger partial charge in [-0.2, -0.15) is 10.4 Å². The second-order valence-corrected chi connectivity index (χ2v) is 11.0. The van der Waals surface area contributed by atoms with Crippen LogP contribution in [-0.4, -0.2) is 69.2 Å². The highest BCUT2D eigenvalue weighted by Gasteiger charge is 2.56. The van der Waals surface area contributed by atoms with Crippen LogP contribution in [0, 0.1) is 23.2 Å². The third-order valence-corrected chi connectivity index (χ3v) is 7.38. The number of piperidine rings is 1. The maximum atomic E-state index is 12.5. The highest BCUT2D eigenvalue weighted by molar-refractivity contribution is 5.89. The minimum atomic E-state index is -0.997. The van der Waals surface area contributed by atoms with E-state index in [0.29, 0.717) is 40.2 Å². The largest absolute Gasteiger partial charge is 0.489 e. The molecular formula is C29H30N8O4. The molecule has 41 heavy (non-hydrogen) atoms. The normalized spacial score (nSPS) is 19.4. The molecule has 12 nitrogen and oxygen atoms in total. The van der Waals surface area contributed by atoms with Crippen molar-refractivity contribution in [3.63, 3.8) is 0 Å². The number of nitriles is 1. The second-order valence-electron chi connectivity index (χ2n) is 11.0. The maximum absolute atomic E-state index is 12.5. The Balaban J connectivity index is 1.11. The molecule has 0 bridgehead atoms. The van der Waals surface area contributed by atoms with Crippen LogP contribution in [0.4, 0.5) is 16.3 Å². The molecule has 6 rings (SSSR count). The zero-order valence-electron chi connectivity index (χ0n) is 22.9. The zero-order valence-corrected chi connectivity index (χ0v) is 22.9. The van der Waals surface area contributed by atoms with E-state index in [1.165, 1.54) is 6.20 Å².